The van der Waals surface area contributed by atoms with Crippen molar-refractivity contribution in [2.75, 3.05) is 12.4 Å². The van der Waals surface area contributed by atoms with Crippen LogP contribution in [-0.4, -0.2) is 38.0 Å². The van der Waals surface area contributed by atoms with Gasteiger partial charge in [0.25, 0.3) is 0 Å². The lowest BCUT2D eigenvalue weighted by atomic mass is 10.2. The Bertz CT molecular complexity index is 937. The number of aryl methyl sites for hydroxylation is 1. The highest BCUT2D eigenvalue weighted by atomic mass is 32.2. The van der Waals surface area contributed by atoms with Crippen molar-refractivity contribution in [3.05, 3.63) is 35.3 Å². The summed E-state index contributed by atoms with van der Waals surface area (Å²) in [6, 6.07) is 7.69. The molecule has 1 N–H and O–H groups in total. The second-order valence-corrected chi connectivity index (χ2v) is 7.96. The molecule has 142 valence electrons. The minimum atomic E-state index is -0.339. The first-order chi connectivity index (χ1) is 13.0. The third kappa shape index (κ3) is 4.30. The largest absolute Gasteiger partial charge is 0.496 e. The lowest BCUT2D eigenvalue weighted by Gasteiger charge is -2.12. The predicted molar refractivity (Wildman–Crippen MR) is 108 cm³/mol. The fourth-order valence-corrected chi connectivity index (χ4v) is 4.12. The molecular formula is C18H21N5O2S2. The molecule has 0 aliphatic carbocycles. The van der Waals surface area contributed by atoms with Crippen molar-refractivity contribution in [2.24, 2.45) is 0 Å². The SMILES string of the molecule is CCn1c(SC(C)C(=O)Nc2nc(C)cs2)nnc1-c1ccccc1OC. The lowest BCUT2D eigenvalue weighted by molar-refractivity contribution is -0.115. The Morgan fingerprint density at radius 2 is 2.15 bits per heavy atom. The van der Waals surface area contributed by atoms with Crippen LogP contribution in [0.15, 0.2) is 34.8 Å². The highest BCUT2D eigenvalue weighted by Gasteiger charge is 2.22. The number of amides is 1. The minimum absolute atomic E-state index is 0.112. The van der Waals surface area contributed by atoms with Gasteiger partial charge in [-0.1, -0.05) is 23.9 Å². The summed E-state index contributed by atoms with van der Waals surface area (Å²) in [6.45, 7) is 6.45. The Labute approximate surface area is 166 Å². The van der Waals surface area contributed by atoms with E-state index in [-0.39, 0.29) is 11.2 Å². The first-order valence-corrected chi connectivity index (χ1v) is 10.3. The number of benzene rings is 1. The number of rotatable bonds is 7. The zero-order valence-electron chi connectivity index (χ0n) is 15.6. The second kappa shape index (κ2) is 8.53. The van der Waals surface area contributed by atoms with Crippen molar-refractivity contribution in [2.45, 2.75) is 37.7 Å². The van der Waals surface area contributed by atoms with Gasteiger partial charge in [0.15, 0.2) is 16.1 Å². The molecule has 2 aromatic heterocycles. The number of thioether (sulfide) groups is 1. The van der Waals surface area contributed by atoms with Crippen LogP contribution in [0.3, 0.4) is 0 Å². The molecule has 3 rings (SSSR count). The lowest BCUT2D eigenvalue weighted by Crippen LogP contribution is -2.22. The number of ether oxygens (including phenoxy) is 1. The van der Waals surface area contributed by atoms with Crippen molar-refractivity contribution in [3.8, 4) is 17.1 Å². The molecule has 1 amide bonds. The highest BCUT2D eigenvalue weighted by Crippen LogP contribution is 2.32. The van der Waals surface area contributed by atoms with Crippen molar-refractivity contribution >= 4 is 34.1 Å². The van der Waals surface area contributed by atoms with E-state index in [1.807, 2.05) is 55.0 Å². The fraction of sp³-hybridized carbons (Fsp3) is 0.333. The summed E-state index contributed by atoms with van der Waals surface area (Å²) in [5.74, 6) is 1.35. The van der Waals surface area contributed by atoms with Gasteiger partial charge in [-0.15, -0.1) is 21.5 Å². The molecule has 0 fully saturated rings. The summed E-state index contributed by atoms with van der Waals surface area (Å²) >= 11 is 2.79. The van der Waals surface area contributed by atoms with Crippen molar-refractivity contribution in [1.29, 1.82) is 0 Å². The number of anilines is 1. The quantitative estimate of drug-likeness (QED) is 0.603. The maximum atomic E-state index is 12.5. The normalized spacial score (nSPS) is 12.0. The summed E-state index contributed by atoms with van der Waals surface area (Å²) in [5, 5.41) is 14.3. The van der Waals surface area contributed by atoms with E-state index in [0.717, 1.165) is 22.8 Å². The number of hydrogen-bond donors (Lipinski definition) is 1. The van der Waals surface area contributed by atoms with E-state index in [0.29, 0.717) is 16.8 Å². The van der Waals surface area contributed by atoms with E-state index >= 15 is 0 Å². The van der Waals surface area contributed by atoms with Crippen molar-refractivity contribution < 1.29 is 9.53 Å². The summed E-state index contributed by atoms with van der Waals surface area (Å²) in [6.07, 6.45) is 0. The Balaban J connectivity index is 1.79. The summed E-state index contributed by atoms with van der Waals surface area (Å²) in [7, 11) is 1.63. The number of aromatic nitrogens is 4. The summed E-state index contributed by atoms with van der Waals surface area (Å²) < 4.78 is 7.42. The van der Waals surface area contributed by atoms with E-state index in [9.17, 15) is 4.79 Å². The van der Waals surface area contributed by atoms with E-state index in [1.54, 1.807) is 7.11 Å². The first-order valence-electron chi connectivity index (χ1n) is 8.49. The zero-order valence-corrected chi connectivity index (χ0v) is 17.2. The van der Waals surface area contributed by atoms with Gasteiger partial charge in [0.05, 0.1) is 23.6 Å². The van der Waals surface area contributed by atoms with E-state index < -0.39 is 0 Å². The molecule has 0 saturated carbocycles. The molecule has 0 spiro atoms. The van der Waals surface area contributed by atoms with E-state index in [1.165, 1.54) is 23.1 Å². The zero-order chi connectivity index (χ0) is 19.4. The average molecular weight is 404 g/mol. The molecule has 0 aliphatic rings. The summed E-state index contributed by atoms with van der Waals surface area (Å²) in [5.41, 5.74) is 1.76. The van der Waals surface area contributed by atoms with Crippen LogP contribution < -0.4 is 10.1 Å². The molecule has 9 heteroatoms. The molecule has 1 unspecified atom stereocenters. The Kier molecular flexibility index (Phi) is 6.12. The molecule has 2 heterocycles. The minimum Gasteiger partial charge on any atom is -0.496 e. The highest BCUT2D eigenvalue weighted by molar-refractivity contribution is 8.00. The molecule has 0 aliphatic heterocycles. The van der Waals surface area contributed by atoms with Crippen LogP contribution in [0.4, 0.5) is 5.13 Å². The van der Waals surface area contributed by atoms with Gasteiger partial charge in [-0.05, 0) is 32.9 Å². The van der Waals surface area contributed by atoms with Crippen LogP contribution in [0, 0.1) is 6.92 Å². The van der Waals surface area contributed by atoms with Crippen LogP contribution in [0.2, 0.25) is 0 Å². The number of carbonyl (C=O) groups excluding carboxylic acids is 1. The number of carbonyl (C=O) groups is 1. The van der Waals surface area contributed by atoms with Crippen LogP contribution in [0.25, 0.3) is 11.4 Å². The average Bonchev–Trinajstić information content (AvgIpc) is 3.27. The molecular weight excluding hydrogens is 382 g/mol. The standard InChI is InChI=1S/C18H21N5O2S2/c1-5-23-15(13-8-6-7-9-14(13)25-4)21-22-18(23)27-12(3)16(24)20-17-19-11(2)10-26-17/h6-10,12H,5H2,1-4H3,(H,19,20,24). The molecule has 7 nitrogen and oxygen atoms in total. The maximum absolute atomic E-state index is 12.5. The maximum Gasteiger partial charge on any atom is 0.239 e. The number of methoxy groups -OCH3 is 1. The van der Waals surface area contributed by atoms with Gasteiger partial charge >= 0.3 is 0 Å². The monoisotopic (exact) mass is 403 g/mol. The van der Waals surface area contributed by atoms with Gasteiger partial charge in [0.2, 0.25) is 5.91 Å². The van der Waals surface area contributed by atoms with Crippen molar-refractivity contribution in [3.63, 3.8) is 0 Å². The molecule has 0 bridgehead atoms. The number of nitrogens with zero attached hydrogens (tertiary/aromatic N) is 4. The fourth-order valence-electron chi connectivity index (χ4n) is 2.52. The topological polar surface area (TPSA) is 81.9 Å². The van der Waals surface area contributed by atoms with E-state index in [4.69, 9.17) is 4.74 Å². The van der Waals surface area contributed by atoms with Gasteiger partial charge in [-0.3, -0.25) is 4.79 Å². The van der Waals surface area contributed by atoms with E-state index in [2.05, 4.69) is 20.5 Å². The molecule has 3 aromatic rings. The van der Waals surface area contributed by atoms with Gasteiger partial charge < -0.3 is 14.6 Å². The van der Waals surface area contributed by atoms with Gasteiger partial charge in [-0.2, -0.15) is 0 Å². The molecule has 0 radical (unpaired) electrons. The molecule has 1 aromatic carbocycles. The predicted octanol–water partition coefficient (Wildman–Crippen LogP) is 3.86. The van der Waals surface area contributed by atoms with Crippen LogP contribution in [0.5, 0.6) is 5.75 Å². The Hall–Kier alpha value is -2.39. The molecule has 0 saturated heterocycles. The van der Waals surface area contributed by atoms with Gasteiger partial charge in [-0.25, -0.2) is 4.98 Å². The van der Waals surface area contributed by atoms with Crippen LogP contribution >= 0.6 is 23.1 Å². The first kappa shape index (κ1) is 19.4. The molecule has 1 atom stereocenters. The number of hydrogen-bond acceptors (Lipinski definition) is 7. The van der Waals surface area contributed by atoms with Crippen molar-refractivity contribution in [1.82, 2.24) is 19.7 Å². The van der Waals surface area contributed by atoms with Gasteiger partial charge in [0, 0.05) is 11.9 Å². The Morgan fingerprint density at radius 1 is 1.37 bits per heavy atom. The third-order valence-corrected chi connectivity index (χ3v) is 5.84. The van der Waals surface area contributed by atoms with Crippen LogP contribution in [-0.2, 0) is 11.3 Å². The number of para-hydroxylation sites is 1. The Morgan fingerprint density at radius 3 is 2.81 bits per heavy atom. The smallest absolute Gasteiger partial charge is 0.239 e. The van der Waals surface area contributed by atoms with Gasteiger partial charge in [0.1, 0.15) is 5.75 Å². The number of thiazole rings is 1. The second-order valence-electron chi connectivity index (χ2n) is 5.79. The number of nitrogens with one attached hydrogen (secondary N) is 1. The van der Waals surface area contributed by atoms with Crippen LogP contribution in [0.1, 0.15) is 19.5 Å². The molecule has 27 heavy (non-hydrogen) atoms. The summed E-state index contributed by atoms with van der Waals surface area (Å²) in [4.78, 5) is 16.7. The third-order valence-electron chi connectivity index (χ3n) is 3.88.